The van der Waals surface area contributed by atoms with Crippen molar-refractivity contribution in [3.8, 4) is 0 Å². The van der Waals surface area contributed by atoms with Gasteiger partial charge in [-0.25, -0.2) is 9.59 Å². The van der Waals surface area contributed by atoms with Crippen molar-refractivity contribution in [2.45, 2.75) is 13.0 Å². The van der Waals surface area contributed by atoms with Gasteiger partial charge in [0.25, 0.3) is 0 Å². The fourth-order valence-electron chi connectivity index (χ4n) is 0.460. The van der Waals surface area contributed by atoms with Gasteiger partial charge in [-0.2, -0.15) is 0 Å². The lowest BCUT2D eigenvalue weighted by atomic mass is 10.4. The number of methoxy groups -OCH3 is 1. The van der Waals surface area contributed by atoms with Crippen LogP contribution in [0.2, 0.25) is 0 Å². The second-order valence-electron chi connectivity index (χ2n) is 1.84. The topological polar surface area (TPSA) is 87.8 Å². The highest BCUT2D eigenvalue weighted by molar-refractivity contribution is 5.76. The lowest BCUT2D eigenvalue weighted by Crippen LogP contribution is -2.26. The highest BCUT2D eigenvalue weighted by Crippen LogP contribution is 1.95. The molecule has 2 N–H and O–H groups in total. The lowest BCUT2D eigenvalue weighted by molar-refractivity contribution is -0.150. The van der Waals surface area contributed by atoms with E-state index in [2.05, 4.69) is 14.2 Å². The normalized spacial score (nSPS) is 11.6. The van der Waals surface area contributed by atoms with Gasteiger partial charge >= 0.3 is 12.1 Å². The third kappa shape index (κ3) is 3.77. The summed E-state index contributed by atoms with van der Waals surface area (Å²) in [5, 5.41) is 0. The van der Waals surface area contributed by atoms with Crippen molar-refractivity contribution in [3.05, 3.63) is 0 Å². The molecule has 6 nitrogen and oxygen atoms in total. The van der Waals surface area contributed by atoms with Crippen molar-refractivity contribution < 1.29 is 23.8 Å². The van der Waals surface area contributed by atoms with Crippen LogP contribution in [0.4, 0.5) is 4.79 Å². The van der Waals surface area contributed by atoms with Crippen molar-refractivity contribution in [3.63, 3.8) is 0 Å². The molecule has 0 aliphatic rings. The van der Waals surface area contributed by atoms with Crippen LogP contribution in [0.3, 0.4) is 0 Å². The number of esters is 1. The zero-order chi connectivity index (χ0) is 9.56. The Labute approximate surface area is 69.6 Å². The molecule has 0 radical (unpaired) electrons. The van der Waals surface area contributed by atoms with Crippen LogP contribution in [-0.2, 0) is 19.0 Å². The van der Waals surface area contributed by atoms with Crippen LogP contribution in [-0.4, -0.2) is 32.1 Å². The first-order valence-corrected chi connectivity index (χ1v) is 3.23. The van der Waals surface area contributed by atoms with E-state index >= 15 is 0 Å². The average Bonchev–Trinajstić information content (AvgIpc) is 2.03. The van der Waals surface area contributed by atoms with Gasteiger partial charge in [-0.05, 0) is 6.92 Å². The van der Waals surface area contributed by atoms with Crippen LogP contribution in [0.1, 0.15) is 6.92 Å². The lowest BCUT2D eigenvalue weighted by Gasteiger charge is -2.09. The molecule has 0 saturated heterocycles. The van der Waals surface area contributed by atoms with Crippen LogP contribution < -0.4 is 5.73 Å². The van der Waals surface area contributed by atoms with Gasteiger partial charge in [0, 0.05) is 0 Å². The van der Waals surface area contributed by atoms with Crippen molar-refractivity contribution in [1.82, 2.24) is 0 Å². The van der Waals surface area contributed by atoms with Crippen molar-refractivity contribution in [2.75, 3.05) is 13.8 Å². The Hall–Kier alpha value is -1.30. The molecular formula is C6H11NO5. The summed E-state index contributed by atoms with van der Waals surface area (Å²) in [7, 11) is 1.19. The van der Waals surface area contributed by atoms with Crippen molar-refractivity contribution in [2.24, 2.45) is 5.73 Å². The molecular weight excluding hydrogens is 166 g/mol. The van der Waals surface area contributed by atoms with Crippen LogP contribution in [0, 0.1) is 0 Å². The summed E-state index contributed by atoms with van der Waals surface area (Å²) >= 11 is 0. The van der Waals surface area contributed by atoms with Gasteiger partial charge in [-0.15, -0.1) is 0 Å². The highest BCUT2D eigenvalue weighted by atomic mass is 16.7. The van der Waals surface area contributed by atoms with Crippen LogP contribution in [0.5, 0.6) is 0 Å². The summed E-state index contributed by atoms with van der Waals surface area (Å²) in [5.41, 5.74) is 4.87. The maximum absolute atomic E-state index is 10.7. The maximum Gasteiger partial charge on any atom is 0.510 e. The molecule has 0 spiro atoms. The predicted molar refractivity (Wildman–Crippen MR) is 38.1 cm³/mol. The van der Waals surface area contributed by atoms with E-state index in [1.54, 1.807) is 0 Å². The number of ether oxygens (including phenoxy) is 3. The minimum Gasteiger partial charge on any atom is -0.466 e. The van der Waals surface area contributed by atoms with E-state index < -0.39 is 18.2 Å². The van der Waals surface area contributed by atoms with Crippen molar-refractivity contribution >= 4 is 12.1 Å². The second-order valence-corrected chi connectivity index (χ2v) is 1.84. The smallest absolute Gasteiger partial charge is 0.466 e. The van der Waals surface area contributed by atoms with Gasteiger partial charge in [0.1, 0.15) is 6.73 Å². The molecule has 0 aliphatic heterocycles. The standard InChI is InChI=1S/C6H11NO5/c1-4(5(8)10-2)12-6(9)11-3-7/h4H,3,7H2,1-2H3/t4-/m1/s1. The summed E-state index contributed by atoms with van der Waals surface area (Å²) in [5.74, 6) is -0.649. The van der Waals surface area contributed by atoms with E-state index in [1.807, 2.05) is 0 Å². The summed E-state index contributed by atoms with van der Waals surface area (Å²) in [6.07, 6.45) is -1.97. The molecule has 1 atom stereocenters. The average molecular weight is 177 g/mol. The number of rotatable bonds is 3. The molecule has 0 fully saturated rings. The van der Waals surface area contributed by atoms with E-state index in [-0.39, 0.29) is 6.73 Å². The third-order valence-electron chi connectivity index (χ3n) is 1.01. The Kier molecular flexibility index (Phi) is 4.78. The molecule has 0 rings (SSSR count). The van der Waals surface area contributed by atoms with E-state index in [4.69, 9.17) is 5.73 Å². The first kappa shape index (κ1) is 10.7. The fourth-order valence-corrected chi connectivity index (χ4v) is 0.460. The minimum absolute atomic E-state index is 0.285. The third-order valence-corrected chi connectivity index (χ3v) is 1.01. The Bertz CT molecular complexity index is 169. The van der Waals surface area contributed by atoms with Crippen molar-refractivity contribution in [1.29, 1.82) is 0 Å². The van der Waals surface area contributed by atoms with Gasteiger partial charge in [-0.3, -0.25) is 5.73 Å². The van der Waals surface area contributed by atoms with Crippen LogP contribution >= 0.6 is 0 Å². The second kappa shape index (κ2) is 5.36. The zero-order valence-corrected chi connectivity index (χ0v) is 6.90. The summed E-state index contributed by atoms with van der Waals surface area (Å²) < 4.78 is 12.9. The van der Waals surface area contributed by atoms with Gasteiger partial charge < -0.3 is 14.2 Å². The summed E-state index contributed by atoms with van der Waals surface area (Å²) in [4.78, 5) is 21.2. The number of nitrogens with two attached hydrogens (primary N) is 1. The van der Waals surface area contributed by atoms with Gasteiger partial charge in [0.15, 0.2) is 6.10 Å². The Morgan fingerprint density at radius 1 is 1.50 bits per heavy atom. The largest absolute Gasteiger partial charge is 0.510 e. The summed E-state index contributed by atoms with van der Waals surface area (Å²) in [6.45, 7) is 1.08. The summed E-state index contributed by atoms with van der Waals surface area (Å²) in [6, 6.07) is 0. The number of carbonyl (C=O) groups is 2. The van der Waals surface area contributed by atoms with E-state index in [0.717, 1.165) is 0 Å². The molecule has 0 saturated carbocycles. The Morgan fingerprint density at radius 3 is 2.50 bits per heavy atom. The molecule has 6 heteroatoms. The Balaban J connectivity index is 3.75. The number of carbonyl (C=O) groups excluding carboxylic acids is 2. The van der Waals surface area contributed by atoms with E-state index in [0.29, 0.717) is 0 Å². The molecule has 0 aromatic heterocycles. The van der Waals surface area contributed by atoms with Gasteiger partial charge in [0.2, 0.25) is 0 Å². The van der Waals surface area contributed by atoms with E-state index in [9.17, 15) is 9.59 Å². The maximum atomic E-state index is 10.7. The zero-order valence-electron chi connectivity index (χ0n) is 6.90. The minimum atomic E-state index is -0.990. The Morgan fingerprint density at radius 2 is 2.08 bits per heavy atom. The molecule has 0 heterocycles. The molecule has 70 valence electrons. The first-order valence-electron chi connectivity index (χ1n) is 3.23. The number of hydrogen-bond acceptors (Lipinski definition) is 6. The molecule has 0 aromatic carbocycles. The molecule has 0 amide bonds. The first-order chi connectivity index (χ1) is 5.61. The van der Waals surface area contributed by atoms with Gasteiger partial charge in [0.05, 0.1) is 7.11 Å². The van der Waals surface area contributed by atoms with E-state index in [1.165, 1.54) is 14.0 Å². The molecule has 12 heavy (non-hydrogen) atoms. The van der Waals surface area contributed by atoms with Crippen LogP contribution in [0.15, 0.2) is 0 Å². The molecule has 0 aromatic rings. The SMILES string of the molecule is COC(=O)[C@@H](C)OC(=O)OCN. The van der Waals surface area contributed by atoms with Gasteiger partial charge in [-0.1, -0.05) is 0 Å². The molecule has 0 unspecified atom stereocenters. The molecule has 0 aliphatic carbocycles. The highest BCUT2D eigenvalue weighted by Gasteiger charge is 2.18. The molecule has 0 bridgehead atoms. The fraction of sp³-hybridized carbons (Fsp3) is 0.667. The predicted octanol–water partition coefficient (Wildman–Crippen LogP) is -0.383. The van der Waals surface area contributed by atoms with Crippen LogP contribution in [0.25, 0.3) is 0 Å². The number of hydrogen-bond donors (Lipinski definition) is 1. The quantitative estimate of drug-likeness (QED) is 0.467. The monoisotopic (exact) mass is 177 g/mol.